The van der Waals surface area contributed by atoms with Gasteiger partial charge in [-0.25, -0.2) is 4.68 Å². The van der Waals surface area contributed by atoms with Crippen molar-refractivity contribution in [3.8, 4) is 5.69 Å². The van der Waals surface area contributed by atoms with E-state index in [0.717, 1.165) is 4.68 Å². The zero-order chi connectivity index (χ0) is 14.5. The van der Waals surface area contributed by atoms with Crippen molar-refractivity contribution in [1.82, 2.24) is 9.78 Å². The SMILES string of the molecule is [2H]c1c([2H])c(-n2nc(Br)c([2H])c2[2H])c([2H])c([2H])c1Br. The molecule has 2 aromatic rings. The van der Waals surface area contributed by atoms with Crippen LogP contribution in [0.4, 0.5) is 0 Å². The molecule has 0 aliphatic rings. The molecule has 0 atom stereocenters. The first kappa shape index (κ1) is 4.28. The molecule has 13 heavy (non-hydrogen) atoms. The van der Waals surface area contributed by atoms with Crippen molar-refractivity contribution >= 4 is 31.9 Å². The van der Waals surface area contributed by atoms with Crippen molar-refractivity contribution in [2.75, 3.05) is 0 Å². The van der Waals surface area contributed by atoms with Crippen LogP contribution in [0.15, 0.2) is 45.5 Å². The summed E-state index contributed by atoms with van der Waals surface area (Å²) in [5.41, 5.74) is -0.151. The maximum Gasteiger partial charge on any atom is 0.128 e. The van der Waals surface area contributed by atoms with Crippen LogP contribution >= 0.6 is 31.9 Å². The third kappa shape index (κ3) is 2.00. The van der Waals surface area contributed by atoms with Crippen molar-refractivity contribution < 1.29 is 8.22 Å². The van der Waals surface area contributed by atoms with Crippen LogP contribution in [0, 0.1) is 0 Å². The molecule has 0 amide bonds. The number of hydrogen-bond donors (Lipinski definition) is 0. The van der Waals surface area contributed by atoms with E-state index in [0.29, 0.717) is 0 Å². The molecule has 0 aliphatic carbocycles. The number of hydrogen-bond acceptors (Lipinski definition) is 1. The second-order valence-electron chi connectivity index (χ2n) is 2.10. The van der Waals surface area contributed by atoms with Crippen molar-refractivity contribution in [2.24, 2.45) is 0 Å². The van der Waals surface area contributed by atoms with Gasteiger partial charge in [-0.2, -0.15) is 5.10 Å². The molecular weight excluding hydrogens is 296 g/mol. The van der Waals surface area contributed by atoms with Crippen LogP contribution in [0.1, 0.15) is 8.22 Å². The molecule has 2 rings (SSSR count). The molecule has 2 nitrogen and oxygen atoms in total. The van der Waals surface area contributed by atoms with Crippen LogP contribution < -0.4 is 0 Å². The van der Waals surface area contributed by atoms with Gasteiger partial charge in [0.15, 0.2) is 0 Å². The maximum atomic E-state index is 7.85. The molecule has 0 aliphatic heterocycles. The van der Waals surface area contributed by atoms with Crippen molar-refractivity contribution in [3.05, 3.63) is 45.5 Å². The van der Waals surface area contributed by atoms with Crippen LogP contribution in [0.3, 0.4) is 0 Å². The van der Waals surface area contributed by atoms with E-state index < -0.39 is 0 Å². The summed E-state index contributed by atoms with van der Waals surface area (Å²) in [7, 11) is 0. The molecule has 0 fully saturated rings. The molecule has 1 aromatic carbocycles. The lowest BCUT2D eigenvalue weighted by atomic mass is 10.3. The summed E-state index contributed by atoms with van der Waals surface area (Å²) >= 11 is 5.99. The molecule has 0 radical (unpaired) electrons. The van der Waals surface area contributed by atoms with Gasteiger partial charge in [0.25, 0.3) is 0 Å². The van der Waals surface area contributed by atoms with Gasteiger partial charge in [0.1, 0.15) is 4.60 Å². The van der Waals surface area contributed by atoms with Crippen LogP contribution in [-0.4, -0.2) is 9.78 Å². The van der Waals surface area contributed by atoms with Gasteiger partial charge in [0.2, 0.25) is 0 Å². The Kier molecular flexibility index (Phi) is 1.20. The third-order valence-corrected chi connectivity index (χ3v) is 2.00. The Balaban J connectivity index is 2.87. The lowest BCUT2D eigenvalue weighted by molar-refractivity contribution is 0.870. The highest BCUT2D eigenvalue weighted by atomic mass is 79.9. The summed E-state index contributed by atoms with van der Waals surface area (Å²) in [6.45, 7) is 0. The Morgan fingerprint density at radius 1 is 1.15 bits per heavy atom. The Morgan fingerprint density at radius 2 is 1.85 bits per heavy atom. The van der Waals surface area contributed by atoms with Gasteiger partial charge in [-0.3, -0.25) is 0 Å². The fourth-order valence-corrected chi connectivity index (χ4v) is 1.18. The van der Waals surface area contributed by atoms with E-state index in [-0.39, 0.29) is 51.1 Å². The molecule has 0 N–H and O–H groups in total. The van der Waals surface area contributed by atoms with Crippen LogP contribution in [0.2, 0.25) is 0 Å². The average molecular weight is 308 g/mol. The summed E-state index contributed by atoms with van der Waals surface area (Å²) in [6.07, 6.45) is -0.310. The van der Waals surface area contributed by atoms with Crippen LogP contribution in [-0.2, 0) is 0 Å². The van der Waals surface area contributed by atoms with Crippen LogP contribution in [0.5, 0.6) is 0 Å². The number of rotatable bonds is 1. The smallest absolute Gasteiger partial charge is 0.128 e. The molecule has 0 unspecified atom stereocenters. The van der Waals surface area contributed by atoms with Gasteiger partial charge in [0.05, 0.1) is 13.9 Å². The zero-order valence-electron chi connectivity index (χ0n) is 12.2. The fraction of sp³-hybridized carbons (Fsp3) is 0. The summed E-state index contributed by atoms with van der Waals surface area (Å²) in [4.78, 5) is 0. The largest absolute Gasteiger partial charge is 0.240 e. The van der Waals surface area contributed by atoms with E-state index in [2.05, 4.69) is 37.0 Å². The van der Waals surface area contributed by atoms with Crippen molar-refractivity contribution in [2.45, 2.75) is 0 Å². The Hall–Kier alpha value is -0.610. The first-order chi connectivity index (χ1) is 8.77. The molecule has 0 saturated carbocycles. The summed E-state index contributed by atoms with van der Waals surface area (Å²) < 4.78 is 47.5. The molecule has 0 spiro atoms. The lowest BCUT2D eigenvalue weighted by Gasteiger charge is -1.99. The van der Waals surface area contributed by atoms with E-state index >= 15 is 0 Å². The third-order valence-electron chi connectivity index (χ3n) is 1.25. The minimum atomic E-state index is -0.323. The topological polar surface area (TPSA) is 17.8 Å². The fourth-order valence-electron chi connectivity index (χ4n) is 0.739. The Bertz CT molecular complexity index is 655. The minimum Gasteiger partial charge on any atom is -0.240 e. The first-order valence-electron chi connectivity index (χ1n) is 6.25. The second kappa shape index (κ2) is 3.64. The van der Waals surface area contributed by atoms with Crippen molar-refractivity contribution in [3.63, 3.8) is 0 Å². The molecule has 4 heteroatoms. The normalized spacial score (nSPS) is 16.8. The molecule has 1 heterocycles. The summed E-state index contributed by atoms with van der Waals surface area (Å²) in [6, 6.07) is -1.34. The summed E-state index contributed by atoms with van der Waals surface area (Å²) in [5.74, 6) is 0. The monoisotopic (exact) mass is 306 g/mol. The van der Waals surface area contributed by atoms with Gasteiger partial charge in [-0.05, 0) is 46.1 Å². The highest BCUT2D eigenvalue weighted by Gasteiger charge is 1.97. The van der Waals surface area contributed by atoms with E-state index in [9.17, 15) is 0 Å². The number of nitrogens with zero attached hydrogens (tertiary/aromatic N) is 2. The number of aromatic nitrogens is 2. The maximum absolute atomic E-state index is 7.85. The quantitative estimate of drug-likeness (QED) is 0.789. The van der Waals surface area contributed by atoms with E-state index in [1.54, 1.807) is 0 Å². The van der Waals surface area contributed by atoms with Gasteiger partial charge in [-0.1, -0.05) is 15.9 Å². The predicted molar refractivity (Wildman–Crippen MR) is 59.0 cm³/mol. The Labute approximate surface area is 101 Å². The predicted octanol–water partition coefficient (Wildman–Crippen LogP) is 3.40. The van der Waals surface area contributed by atoms with E-state index in [1.165, 1.54) is 0 Å². The lowest BCUT2D eigenvalue weighted by Crippen LogP contribution is -1.93. The van der Waals surface area contributed by atoms with E-state index in [4.69, 9.17) is 8.22 Å². The second-order valence-corrected chi connectivity index (χ2v) is 3.65. The molecule has 1 aromatic heterocycles. The van der Waals surface area contributed by atoms with Gasteiger partial charge in [-0.15, -0.1) is 0 Å². The zero-order valence-corrected chi connectivity index (χ0v) is 9.32. The highest BCUT2D eigenvalue weighted by molar-refractivity contribution is 9.10. The molecule has 66 valence electrons. The number of benzene rings is 1. The summed E-state index contributed by atoms with van der Waals surface area (Å²) in [5, 5.41) is 3.85. The van der Waals surface area contributed by atoms with E-state index in [1.807, 2.05) is 0 Å². The minimum absolute atomic E-state index is 0.0510. The van der Waals surface area contributed by atoms with Crippen molar-refractivity contribution in [1.29, 1.82) is 0 Å². The first-order valence-corrected chi connectivity index (χ1v) is 4.83. The van der Waals surface area contributed by atoms with Gasteiger partial charge in [0, 0.05) is 10.6 Å². The molecular formula is C9H6Br2N2. The average Bonchev–Trinajstić information content (AvgIpc) is 2.62. The van der Waals surface area contributed by atoms with Gasteiger partial charge >= 0.3 is 0 Å². The highest BCUT2D eigenvalue weighted by Crippen LogP contribution is 2.14. The van der Waals surface area contributed by atoms with Crippen LogP contribution in [0.25, 0.3) is 5.69 Å². The standard InChI is InChI=1S/C9H6Br2N2/c10-7-1-3-8(4-2-7)13-6-5-9(11)12-13/h1-6H/i1D,2D,3D,4D,5D,6D. The van der Waals surface area contributed by atoms with Gasteiger partial charge < -0.3 is 0 Å². The Morgan fingerprint density at radius 3 is 2.38 bits per heavy atom. The molecule has 0 bridgehead atoms. The molecule has 0 saturated heterocycles. The number of halogens is 2.